The third-order valence-corrected chi connectivity index (χ3v) is 3.26. The first-order valence-corrected chi connectivity index (χ1v) is 6.14. The van der Waals surface area contributed by atoms with E-state index in [0.717, 1.165) is 13.1 Å². The van der Waals surface area contributed by atoms with Crippen LogP contribution >= 0.6 is 0 Å². The average molecular weight is 218 g/mol. The van der Waals surface area contributed by atoms with E-state index < -0.39 is 0 Å². The Morgan fingerprint density at radius 1 is 1.12 bits per heavy atom. The molecule has 1 aromatic rings. The van der Waals surface area contributed by atoms with Gasteiger partial charge in [0.05, 0.1) is 0 Å². The van der Waals surface area contributed by atoms with Crippen molar-refractivity contribution in [2.75, 3.05) is 18.0 Å². The van der Waals surface area contributed by atoms with Gasteiger partial charge in [-0.15, -0.1) is 0 Å². The van der Waals surface area contributed by atoms with Crippen molar-refractivity contribution < 1.29 is 0 Å². The fourth-order valence-electron chi connectivity index (χ4n) is 2.58. The van der Waals surface area contributed by atoms with Crippen molar-refractivity contribution >= 4 is 5.69 Å². The van der Waals surface area contributed by atoms with Crippen LogP contribution in [0.3, 0.4) is 0 Å². The topological polar surface area (TPSA) is 15.3 Å². The molecule has 2 heteroatoms. The molecule has 0 aromatic heterocycles. The first kappa shape index (κ1) is 11.5. The van der Waals surface area contributed by atoms with Crippen molar-refractivity contribution in [3.05, 3.63) is 29.3 Å². The zero-order chi connectivity index (χ0) is 11.7. The van der Waals surface area contributed by atoms with E-state index in [2.05, 4.69) is 56.1 Å². The number of hydrogen-bond acceptors (Lipinski definition) is 2. The SMILES string of the molecule is Cc1ccc(C)c(N2CC(C)NC(C)C2)c1. The van der Waals surface area contributed by atoms with Gasteiger partial charge in [0, 0.05) is 30.9 Å². The minimum Gasteiger partial charge on any atom is -0.368 e. The van der Waals surface area contributed by atoms with Gasteiger partial charge >= 0.3 is 0 Å². The van der Waals surface area contributed by atoms with Crippen molar-refractivity contribution in [3.8, 4) is 0 Å². The molecular formula is C14H22N2. The third-order valence-electron chi connectivity index (χ3n) is 3.26. The lowest BCUT2D eigenvalue weighted by Crippen LogP contribution is -2.54. The van der Waals surface area contributed by atoms with Crippen LogP contribution < -0.4 is 10.2 Å². The van der Waals surface area contributed by atoms with E-state index in [-0.39, 0.29) is 0 Å². The van der Waals surface area contributed by atoms with Crippen molar-refractivity contribution in [2.45, 2.75) is 39.8 Å². The number of rotatable bonds is 1. The molecule has 16 heavy (non-hydrogen) atoms. The number of anilines is 1. The molecule has 0 saturated carbocycles. The fraction of sp³-hybridized carbons (Fsp3) is 0.571. The second-order valence-corrected chi connectivity index (χ2v) is 5.16. The van der Waals surface area contributed by atoms with Crippen LogP contribution in [0, 0.1) is 13.8 Å². The van der Waals surface area contributed by atoms with E-state index in [0.29, 0.717) is 12.1 Å². The number of nitrogens with one attached hydrogen (secondary N) is 1. The molecule has 0 radical (unpaired) electrons. The normalized spacial score (nSPS) is 25.9. The summed E-state index contributed by atoms with van der Waals surface area (Å²) in [6, 6.07) is 7.86. The fourth-order valence-corrected chi connectivity index (χ4v) is 2.58. The van der Waals surface area contributed by atoms with E-state index >= 15 is 0 Å². The van der Waals surface area contributed by atoms with Gasteiger partial charge in [0.2, 0.25) is 0 Å². The lowest BCUT2D eigenvalue weighted by atomic mass is 10.1. The zero-order valence-corrected chi connectivity index (χ0v) is 10.7. The van der Waals surface area contributed by atoms with Crippen LogP contribution in [0.25, 0.3) is 0 Å². The molecule has 1 aliphatic rings. The van der Waals surface area contributed by atoms with Gasteiger partial charge in [-0.05, 0) is 44.9 Å². The Hall–Kier alpha value is -1.02. The van der Waals surface area contributed by atoms with Crippen LogP contribution in [0.2, 0.25) is 0 Å². The van der Waals surface area contributed by atoms with Gasteiger partial charge in [-0.1, -0.05) is 12.1 Å². The minimum absolute atomic E-state index is 0.573. The molecule has 1 aromatic carbocycles. The predicted molar refractivity (Wildman–Crippen MR) is 70.2 cm³/mol. The highest BCUT2D eigenvalue weighted by Crippen LogP contribution is 2.23. The van der Waals surface area contributed by atoms with E-state index in [1.807, 2.05) is 0 Å². The van der Waals surface area contributed by atoms with Gasteiger partial charge in [0.1, 0.15) is 0 Å². The first-order chi connectivity index (χ1) is 7.56. The Kier molecular flexibility index (Phi) is 3.20. The molecule has 1 heterocycles. The molecule has 0 bridgehead atoms. The largest absolute Gasteiger partial charge is 0.368 e. The summed E-state index contributed by atoms with van der Waals surface area (Å²) in [5.41, 5.74) is 4.13. The minimum atomic E-state index is 0.573. The Labute approximate surface area is 98.7 Å². The summed E-state index contributed by atoms with van der Waals surface area (Å²) < 4.78 is 0. The maximum Gasteiger partial charge on any atom is 0.0399 e. The molecule has 0 amide bonds. The molecule has 2 atom stereocenters. The summed E-state index contributed by atoms with van der Waals surface area (Å²) in [6.45, 7) is 11.1. The molecule has 2 rings (SSSR count). The molecule has 2 unspecified atom stereocenters. The van der Waals surface area contributed by atoms with E-state index in [4.69, 9.17) is 0 Å². The molecule has 88 valence electrons. The van der Waals surface area contributed by atoms with E-state index in [1.165, 1.54) is 16.8 Å². The number of hydrogen-bond donors (Lipinski definition) is 1. The first-order valence-electron chi connectivity index (χ1n) is 6.14. The quantitative estimate of drug-likeness (QED) is 0.779. The van der Waals surface area contributed by atoms with Gasteiger partial charge in [0.15, 0.2) is 0 Å². The van der Waals surface area contributed by atoms with Crippen LogP contribution in [-0.4, -0.2) is 25.2 Å². The molecule has 0 aliphatic carbocycles. The van der Waals surface area contributed by atoms with Gasteiger partial charge in [-0.2, -0.15) is 0 Å². The van der Waals surface area contributed by atoms with Crippen LogP contribution in [0.1, 0.15) is 25.0 Å². The van der Waals surface area contributed by atoms with Crippen LogP contribution in [0.15, 0.2) is 18.2 Å². The van der Waals surface area contributed by atoms with Gasteiger partial charge < -0.3 is 10.2 Å². The Morgan fingerprint density at radius 3 is 2.38 bits per heavy atom. The maximum atomic E-state index is 3.57. The Morgan fingerprint density at radius 2 is 1.75 bits per heavy atom. The van der Waals surface area contributed by atoms with Crippen molar-refractivity contribution in [2.24, 2.45) is 0 Å². The molecule has 1 saturated heterocycles. The summed E-state index contributed by atoms with van der Waals surface area (Å²) in [6.07, 6.45) is 0. The Bertz CT molecular complexity index is 363. The molecule has 1 aliphatic heterocycles. The number of piperazine rings is 1. The summed E-state index contributed by atoms with van der Waals surface area (Å²) in [4.78, 5) is 2.51. The van der Waals surface area contributed by atoms with Crippen molar-refractivity contribution in [1.82, 2.24) is 5.32 Å². The summed E-state index contributed by atoms with van der Waals surface area (Å²) in [5.74, 6) is 0. The molecule has 1 fully saturated rings. The smallest absolute Gasteiger partial charge is 0.0399 e. The third kappa shape index (κ3) is 2.38. The number of nitrogens with zero attached hydrogens (tertiary/aromatic N) is 1. The van der Waals surface area contributed by atoms with E-state index in [9.17, 15) is 0 Å². The Balaban J connectivity index is 2.25. The van der Waals surface area contributed by atoms with Crippen molar-refractivity contribution in [3.63, 3.8) is 0 Å². The lowest BCUT2D eigenvalue weighted by Gasteiger charge is -2.38. The highest BCUT2D eigenvalue weighted by Gasteiger charge is 2.21. The highest BCUT2D eigenvalue weighted by molar-refractivity contribution is 5.55. The summed E-state index contributed by atoms with van der Waals surface area (Å²) in [7, 11) is 0. The second-order valence-electron chi connectivity index (χ2n) is 5.16. The summed E-state index contributed by atoms with van der Waals surface area (Å²) >= 11 is 0. The molecular weight excluding hydrogens is 196 g/mol. The lowest BCUT2D eigenvalue weighted by molar-refractivity contribution is 0.406. The number of benzene rings is 1. The molecule has 0 spiro atoms. The van der Waals surface area contributed by atoms with Gasteiger partial charge in [0.25, 0.3) is 0 Å². The standard InChI is InChI=1S/C14H22N2/c1-10-5-6-11(2)14(7-10)16-8-12(3)15-13(4)9-16/h5-7,12-13,15H,8-9H2,1-4H3. The van der Waals surface area contributed by atoms with Crippen LogP contribution in [0.5, 0.6) is 0 Å². The van der Waals surface area contributed by atoms with Crippen LogP contribution in [-0.2, 0) is 0 Å². The average Bonchev–Trinajstić information content (AvgIpc) is 2.20. The highest BCUT2D eigenvalue weighted by atomic mass is 15.2. The monoisotopic (exact) mass is 218 g/mol. The van der Waals surface area contributed by atoms with Crippen LogP contribution in [0.4, 0.5) is 5.69 Å². The predicted octanol–water partition coefficient (Wildman–Crippen LogP) is 2.49. The number of aryl methyl sites for hydroxylation is 2. The second kappa shape index (κ2) is 4.46. The van der Waals surface area contributed by atoms with Gasteiger partial charge in [-0.25, -0.2) is 0 Å². The summed E-state index contributed by atoms with van der Waals surface area (Å²) in [5, 5.41) is 3.57. The zero-order valence-electron chi connectivity index (χ0n) is 10.7. The van der Waals surface area contributed by atoms with Crippen molar-refractivity contribution in [1.29, 1.82) is 0 Å². The molecule has 2 nitrogen and oxygen atoms in total. The molecule has 1 N–H and O–H groups in total. The maximum absolute atomic E-state index is 3.57. The van der Waals surface area contributed by atoms with E-state index in [1.54, 1.807) is 0 Å². The van der Waals surface area contributed by atoms with Gasteiger partial charge in [-0.3, -0.25) is 0 Å².